The highest BCUT2D eigenvalue weighted by atomic mass is 19.1. The van der Waals surface area contributed by atoms with Crippen LogP contribution in [0.2, 0.25) is 0 Å². The van der Waals surface area contributed by atoms with Gasteiger partial charge in [-0.15, -0.1) is 10.2 Å². The summed E-state index contributed by atoms with van der Waals surface area (Å²) in [6, 6.07) is 4.60. The van der Waals surface area contributed by atoms with Gasteiger partial charge in [-0.2, -0.15) is 4.98 Å². The monoisotopic (exact) mass is 549 g/mol. The van der Waals surface area contributed by atoms with E-state index in [1.165, 1.54) is 25.6 Å². The first-order chi connectivity index (χ1) is 19.1. The van der Waals surface area contributed by atoms with Crippen molar-refractivity contribution in [2.45, 2.75) is 51.6 Å². The van der Waals surface area contributed by atoms with Gasteiger partial charge in [-0.1, -0.05) is 0 Å². The third kappa shape index (κ3) is 5.22. The highest BCUT2D eigenvalue weighted by Crippen LogP contribution is 2.47. The Labute approximate surface area is 231 Å². The minimum atomic E-state index is -0.531. The lowest BCUT2D eigenvalue weighted by Crippen LogP contribution is -2.60. The number of rotatable bonds is 6. The largest absolute Gasteiger partial charge is 0.467 e. The predicted molar refractivity (Wildman–Crippen MR) is 143 cm³/mol. The van der Waals surface area contributed by atoms with E-state index in [0.29, 0.717) is 42.3 Å². The summed E-state index contributed by atoms with van der Waals surface area (Å²) in [4.78, 5) is 29.6. The van der Waals surface area contributed by atoms with Crippen molar-refractivity contribution in [2.24, 2.45) is 5.41 Å². The molecule has 0 atom stereocenters. The van der Waals surface area contributed by atoms with Crippen LogP contribution in [0.1, 0.15) is 51.6 Å². The topological polar surface area (TPSA) is 116 Å². The smallest absolute Gasteiger partial charge is 0.410 e. The quantitative estimate of drug-likeness (QED) is 0.432. The molecule has 4 heterocycles. The average Bonchev–Trinajstić information content (AvgIpc) is 3.65. The molecule has 12 heteroatoms. The maximum absolute atomic E-state index is 14.5. The fraction of sp³-hybridized carbons (Fsp3) is 0.500. The normalized spacial score (nSPS) is 18.0. The second kappa shape index (κ2) is 9.83. The number of ether oxygens (including phenoxy) is 3. The van der Waals surface area contributed by atoms with Crippen LogP contribution < -0.4 is 14.4 Å². The van der Waals surface area contributed by atoms with Crippen molar-refractivity contribution in [2.75, 3.05) is 38.2 Å². The molecule has 6 rings (SSSR count). The van der Waals surface area contributed by atoms with E-state index in [9.17, 15) is 9.18 Å². The summed E-state index contributed by atoms with van der Waals surface area (Å²) in [5.41, 5.74) is 1.44. The molecule has 2 aromatic heterocycles. The molecule has 3 aromatic rings. The van der Waals surface area contributed by atoms with Crippen molar-refractivity contribution in [3.63, 3.8) is 0 Å². The van der Waals surface area contributed by atoms with Gasteiger partial charge in [0.15, 0.2) is 5.82 Å². The molecule has 210 valence electrons. The molecule has 1 saturated carbocycles. The Bertz CT molecular complexity index is 1440. The number of halogens is 1. The van der Waals surface area contributed by atoms with E-state index < -0.39 is 11.4 Å². The predicted octanol–water partition coefficient (Wildman–Crippen LogP) is 4.59. The average molecular weight is 550 g/mol. The van der Waals surface area contributed by atoms with E-state index in [1.807, 2.05) is 20.8 Å². The molecule has 0 unspecified atom stereocenters. The van der Waals surface area contributed by atoms with E-state index in [0.717, 1.165) is 31.5 Å². The Balaban J connectivity index is 1.23. The molecule has 1 aromatic carbocycles. The van der Waals surface area contributed by atoms with E-state index in [1.54, 1.807) is 17.2 Å². The van der Waals surface area contributed by atoms with Gasteiger partial charge in [0.2, 0.25) is 0 Å². The first-order valence-corrected chi connectivity index (χ1v) is 13.4. The van der Waals surface area contributed by atoms with E-state index in [4.69, 9.17) is 14.2 Å². The van der Waals surface area contributed by atoms with Crippen molar-refractivity contribution in [1.82, 2.24) is 30.0 Å². The number of anilines is 1. The zero-order valence-electron chi connectivity index (χ0n) is 23.1. The number of likely N-dealkylation sites (tertiary alicyclic amines) is 1. The van der Waals surface area contributed by atoms with E-state index in [2.05, 4.69) is 30.0 Å². The van der Waals surface area contributed by atoms with Crippen LogP contribution in [0.4, 0.5) is 15.0 Å². The molecule has 2 aliphatic heterocycles. The summed E-state index contributed by atoms with van der Waals surface area (Å²) in [5, 5.41) is 8.20. The summed E-state index contributed by atoms with van der Waals surface area (Å²) >= 11 is 0. The van der Waals surface area contributed by atoms with Gasteiger partial charge in [-0.3, -0.25) is 0 Å². The Hall–Kier alpha value is -4.09. The van der Waals surface area contributed by atoms with Gasteiger partial charge in [-0.05, 0) is 58.2 Å². The second-order valence-corrected chi connectivity index (χ2v) is 11.8. The van der Waals surface area contributed by atoms with Crippen molar-refractivity contribution in [3.05, 3.63) is 42.2 Å². The summed E-state index contributed by atoms with van der Waals surface area (Å²) in [5.74, 6) is 1.03. The van der Waals surface area contributed by atoms with Gasteiger partial charge in [-0.25, -0.2) is 19.2 Å². The zero-order chi connectivity index (χ0) is 28.1. The fourth-order valence-electron chi connectivity index (χ4n) is 5.39. The molecular formula is C28H32FN7O4. The number of nitrogens with zero attached hydrogens (tertiary/aromatic N) is 7. The molecule has 40 heavy (non-hydrogen) atoms. The summed E-state index contributed by atoms with van der Waals surface area (Å²) < 4.78 is 31.5. The Morgan fingerprint density at radius 3 is 2.65 bits per heavy atom. The molecule has 1 aliphatic carbocycles. The molecule has 1 amide bonds. The molecule has 2 saturated heterocycles. The third-order valence-electron chi connectivity index (χ3n) is 7.39. The lowest BCUT2D eigenvalue weighted by molar-refractivity contribution is -0.0266. The number of benzene rings is 1. The number of carbonyl (C=O) groups excluding carboxylic acids is 1. The Kier molecular flexibility index (Phi) is 6.42. The van der Waals surface area contributed by atoms with Crippen LogP contribution in [0.3, 0.4) is 0 Å². The summed E-state index contributed by atoms with van der Waals surface area (Å²) in [6.45, 7) is 8.25. The molecule has 0 bridgehead atoms. The van der Waals surface area contributed by atoms with E-state index >= 15 is 0 Å². The molecule has 3 aliphatic rings. The summed E-state index contributed by atoms with van der Waals surface area (Å²) in [6.07, 6.45) is 5.63. The van der Waals surface area contributed by atoms with Crippen LogP contribution >= 0.6 is 0 Å². The van der Waals surface area contributed by atoms with Crippen LogP contribution in [-0.4, -0.2) is 75.0 Å². The number of amides is 1. The minimum Gasteiger partial charge on any atom is -0.467 e. The lowest BCUT2D eigenvalue weighted by Gasteiger charge is -2.47. The second-order valence-electron chi connectivity index (χ2n) is 11.8. The number of carbonyl (C=O) groups is 1. The first kappa shape index (κ1) is 26.1. The van der Waals surface area contributed by atoms with Gasteiger partial charge in [0, 0.05) is 54.8 Å². The van der Waals surface area contributed by atoms with Crippen LogP contribution in [0, 0.1) is 11.2 Å². The fourth-order valence-corrected chi connectivity index (χ4v) is 5.39. The molecular weight excluding hydrogens is 517 g/mol. The Morgan fingerprint density at radius 1 is 1.12 bits per heavy atom. The van der Waals surface area contributed by atoms with Crippen molar-refractivity contribution in [1.29, 1.82) is 0 Å². The van der Waals surface area contributed by atoms with Gasteiger partial charge in [0.05, 0.1) is 12.8 Å². The van der Waals surface area contributed by atoms with Gasteiger partial charge >= 0.3 is 12.1 Å². The lowest BCUT2D eigenvalue weighted by atomic mass is 9.79. The van der Waals surface area contributed by atoms with E-state index in [-0.39, 0.29) is 29.3 Å². The van der Waals surface area contributed by atoms with Gasteiger partial charge < -0.3 is 24.0 Å². The molecule has 3 fully saturated rings. The molecule has 0 radical (unpaired) electrons. The van der Waals surface area contributed by atoms with Crippen LogP contribution in [-0.2, 0) is 4.74 Å². The zero-order valence-corrected chi connectivity index (χ0v) is 23.1. The molecule has 0 N–H and O–H groups in total. The van der Waals surface area contributed by atoms with Crippen molar-refractivity contribution < 1.29 is 23.4 Å². The first-order valence-electron chi connectivity index (χ1n) is 13.4. The summed E-state index contributed by atoms with van der Waals surface area (Å²) in [7, 11) is 1.52. The van der Waals surface area contributed by atoms with Gasteiger partial charge in [0.25, 0.3) is 5.88 Å². The standard InChI is InChI=1S/C28H32FN7O4/c1-27(2,3)40-26(37)36-14-28(15-36)9-10-35(13-28)23-24(34-32-16-31-23)39-21-8-7-18(29)11-19(21)20-12-30-25(38-4)33-22(20)17-5-6-17/h7-8,11-12,16-17H,5-6,9-10,13-15H2,1-4H3. The number of hydrogen-bond acceptors (Lipinski definition) is 10. The van der Waals surface area contributed by atoms with Crippen molar-refractivity contribution in [3.8, 4) is 28.8 Å². The Morgan fingerprint density at radius 2 is 1.93 bits per heavy atom. The number of methoxy groups -OCH3 is 1. The van der Waals surface area contributed by atoms with Crippen LogP contribution in [0.25, 0.3) is 11.1 Å². The highest BCUT2D eigenvalue weighted by molar-refractivity contribution is 5.74. The molecule has 1 spiro atoms. The molecule has 11 nitrogen and oxygen atoms in total. The maximum Gasteiger partial charge on any atom is 0.410 e. The van der Waals surface area contributed by atoms with Crippen LogP contribution in [0.15, 0.2) is 30.7 Å². The number of aromatic nitrogens is 5. The number of hydrogen-bond donors (Lipinski definition) is 0. The van der Waals surface area contributed by atoms with Crippen molar-refractivity contribution >= 4 is 11.9 Å². The minimum absolute atomic E-state index is 0.0419. The maximum atomic E-state index is 14.5. The van der Waals surface area contributed by atoms with Gasteiger partial charge in [0.1, 0.15) is 23.5 Å². The van der Waals surface area contributed by atoms with Crippen LogP contribution in [0.5, 0.6) is 17.6 Å². The third-order valence-corrected chi connectivity index (χ3v) is 7.39. The highest BCUT2D eigenvalue weighted by Gasteiger charge is 2.51. The SMILES string of the molecule is COc1ncc(-c2cc(F)ccc2Oc2nncnc2N2CCC3(CN(C(=O)OC(C)(C)C)C3)C2)c(C2CC2)n1.